The molecule has 0 rings (SSSR count). The third-order valence-corrected chi connectivity index (χ3v) is 4.15. The number of ether oxygens (including phenoxy) is 1. The number of alkyl halides is 4. The van der Waals surface area contributed by atoms with Crippen LogP contribution in [0.3, 0.4) is 0 Å². The predicted octanol–water partition coefficient (Wildman–Crippen LogP) is 3.70. The van der Waals surface area contributed by atoms with E-state index in [2.05, 4.69) is 4.74 Å². The maximum absolute atomic E-state index is 12.9. The molecule has 10 heteroatoms. The molecule has 0 radical (unpaired) electrons. The molecule has 0 N–H and O–H groups in total. The number of carbonyl (C=O) groups excluding carboxylic acids is 1. The van der Waals surface area contributed by atoms with Gasteiger partial charge in [0.2, 0.25) is 0 Å². The molecule has 1 unspecified atom stereocenters. The monoisotopic (exact) mass is 340 g/mol. The van der Waals surface area contributed by atoms with Gasteiger partial charge in [-0.25, -0.2) is 0 Å². The molecule has 0 aliphatic rings. The summed E-state index contributed by atoms with van der Waals surface area (Å²) in [4.78, 5) is 11.0. The van der Waals surface area contributed by atoms with Crippen molar-refractivity contribution in [3.05, 3.63) is 0 Å². The van der Waals surface area contributed by atoms with Crippen molar-refractivity contribution in [3.63, 3.8) is 0 Å². The zero-order valence-corrected chi connectivity index (χ0v) is 12.8. The lowest BCUT2D eigenvalue weighted by molar-refractivity contribution is -0.202. The zero-order valence-electron chi connectivity index (χ0n) is 11.1. The third kappa shape index (κ3) is 6.43. The highest BCUT2D eigenvalue weighted by molar-refractivity contribution is 7.54. The van der Waals surface area contributed by atoms with Gasteiger partial charge in [0.05, 0.1) is 13.2 Å². The minimum atomic E-state index is -5.08. The van der Waals surface area contributed by atoms with E-state index in [1.54, 1.807) is 13.8 Å². The van der Waals surface area contributed by atoms with Gasteiger partial charge in [0.25, 0.3) is 5.85 Å². The fourth-order valence-electron chi connectivity index (χ4n) is 1.08. The molecule has 1 atom stereocenters. The van der Waals surface area contributed by atoms with Gasteiger partial charge in [0.1, 0.15) is 5.88 Å². The predicted molar refractivity (Wildman–Crippen MR) is 66.7 cm³/mol. The molecule has 0 heterocycles. The number of carbonyl (C=O) groups is 1. The number of esters is 1. The summed E-state index contributed by atoms with van der Waals surface area (Å²) in [5, 5.41) is 0. The zero-order chi connectivity index (χ0) is 15.8. The highest BCUT2D eigenvalue weighted by Crippen LogP contribution is 2.58. The Labute approximate surface area is 120 Å². The van der Waals surface area contributed by atoms with Gasteiger partial charge >= 0.3 is 19.7 Å². The first kappa shape index (κ1) is 19.7. The summed E-state index contributed by atoms with van der Waals surface area (Å²) >= 11 is 5.09. The Morgan fingerprint density at radius 2 is 1.65 bits per heavy atom. The summed E-state index contributed by atoms with van der Waals surface area (Å²) in [5.41, 5.74) is 0. The molecule has 0 saturated carbocycles. The van der Waals surface area contributed by atoms with Crippen LogP contribution in [0, 0.1) is 0 Å². The summed E-state index contributed by atoms with van der Waals surface area (Å²) in [6.45, 7) is 2.81. The van der Waals surface area contributed by atoms with E-state index in [1.807, 2.05) is 0 Å². The average molecular weight is 341 g/mol. The van der Waals surface area contributed by atoms with Crippen molar-refractivity contribution in [1.82, 2.24) is 0 Å². The number of rotatable bonds is 9. The van der Waals surface area contributed by atoms with Crippen molar-refractivity contribution in [2.24, 2.45) is 0 Å². The van der Waals surface area contributed by atoms with Gasteiger partial charge in [-0.3, -0.25) is 9.36 Å². The molecule has 0 aliphatic heterocycles. The van der Waals surface area contributed by atoms with Crippen LogP contribution in [-0.4, -0.2) is 37.1 Å². The normalized spacial score (nSPS) is 14.1. The van der Waals surface area contributed by atoms with Crippen molar-refractivity contribution in [2.75, 3.05) is 19.1 Å². The molecular weight excluding hydrogens is 324 g/mol. The van der Waals surface area contributed by atoms with Crippen molar-refractivity contribution in [3.8, 4) is 0 Å². The van der Waals surface area contributed by atoms with Crippen LogP contribution in [0.2, 0.25) is 0 Å². The SMILES string of the molecule is CCCOP(=O)(OCCC)C(OC(=O)CCl)C(F)(F)F. The number of hydrogen-bond acceptors (Lipinski definition) is 5. The second-order valence-corrected chi connectivity index (χ2v) is 6.06. The van der Waals surface area contributed by atoms with Gasteiger partial charge in [-0.15, -0.1) is 11.6 Å². The number of halogens is 4. The van der Waals surface area contributed by atoms with Crippen LogP contribution in [-0.2, 0) is 23.1 Å². The first-order valence-electron chi connectivity index (χ1n) is 5.92. The molecule has 5 nitrogen and oxygen atoms in total. The minimum absolute atomic E-state index is 0.216. The second kappa shape index (κ2) is 8.87. The van der Waals surface area contributed by atoms with Crippen molar-refractivity contribution in [2.45, 2.75) is 38.7 Å². The fourth-order valence-corrected chi connectivity index (χ4v) is 2.96. The Hall–Kier alpha value is -0.300. The Balaban J connectivity index is 5.27. The molecule has 0 fully saturated rings. The van der Waals surface area contributed by atoms with Crippen LogP contribution in [0.5, 0.6) is 0 Å². The molecule has 0 spiro atoms. The van der Waals surface area contributed by atoms with Gasteiger partial charge < -0.3 is 13.8 Å². The molecule has 0 saturated heterocycles. The molecule has 0 aromatic rings. The Bertz CT molecular complexity index is 338. The molecule has 0 aromatic carbocycles. The first-order valence-corrected chi connectivity index (χ1v) is 8.06. The van der Waals surface area contributed by atoms with Crippen molar-refractivity contribution >= 4 is 25.2 Å². The van der Waals surface area contributed by atoms with Crippen LogP contribution in [0.15, 0.2) is 0 Å². The highest BCUT2D eigenvalue weighted by Gasteiger charge is 2.57. The summed E-state index contributed by atoms with van der Waals surface area (Å²) in [6.07, 6.45) is -4.43. The molecule has 0 aromatic heterocycles. The van der Waals surface area contributed by atoms with Gasteiger partial charge in [-0.2, -0.15) is 13.2 Å². The van der Waals surface area contributed by atoms with E-state index in [-0.39, 0.29) is 13.2 Å². The quantitative estimate of drug-likeness (QED) is 0.364. The molecule has 0 aliphatic carbocycles. The van der Waals surface area contributed by atoms with E-state index < -0.39 is 31.5 Å². The summed E-state index contributed by atoms with van der Waals surface area (Å²) in [6, 6.07) is 0. The fraction of sp³-hybridized carbons (Fsp3) is 0.900. The summed E-state index contributed by atoms with van der Waals surface area (Å²) in [7, 11) is -4.68. The van der Waals surface area contributed by atoms with Gasteiger partial charge in [0.15, 0.2) is 0 Å². The Morgan fingerprint density at radius 3 is 1.95 bits per heavy atom. The average Bonchev–Trinajstić information content (AvgIpc) is 2.38. The lowest BCUT2D eigenvalue weighted by atomic mass is 10.5. The Kier molecular flexibility index (Phi) is 8.74. The van der Waals surface area contributed by atoms with Gasteiger partial charge in [-0.05, 0) is 12.8 Å². The van der Waals surface area contributed by atoms with Gasteiger partial charge in [0, 0.05) is 0 Å². The third-order valence-electron chi connectivity index (χ3n) is 1.87. The second-order valence-electron chi connectivity index (χ2n) is 3.72. The maximum Gasteiger partial charge on any atom is 0.437 e. The minimum Gasteiger partial charge on any atom is -0.438 e. The van der Waals surface area contributed by atoms with Crippen LogP contribution in [0.1, 0.15) is 26.7 Å². The topological polar surface area (TPSA) is 61.8 Å². The van der Waals surface area contributed by atoms with Crippen LogP contribution < -0.4 is 0 Å². The Morgan fingerprint density at radius 1 is 1.20 bits per heavy atom. The van der Waals surface area contributed by atoms with E-state index in [1.165, 1.54) is 0 Å². The standard InChI is InChI=1S/C10H17ClF3O5P/c1-3-5-17-20(16,18-6-4-2)9(10(12,13)14)19-8(15)7-11/h9H,3-7H2,1-2H3. The van der Waals surface area contributed by atoms with E-state index >= 15 is 0 Å². The summed E-state index contributed by atoms with van der Waals surface area (Å²) in [5.74, 6) is -5.12. The van der Waals surface area contributed by atoms with E-state index in [0.29, 0.717) is 12.8 Å². The first-order chi connectivity index (χ1) is 9.21. The van der Waals surface area contributed by atoms with Crippen molar-refractivity contribution in [1.29, 1.82) is 0 Å². The van der Waals surface area contributed by atoms with Crippen LogP contribution >= 0.6 is 19.2 Å². The van der Waals surface area contributed by atoms with Crippen molar-refractivity contribution < 1.29 is 36.3 Å². The molecule has 0 amide bonds. The molecular formula is C10H17ClF3O5P. The lowest BCUT2D eigenvalue weighted by Crippen LogP contribution is -2.35. The highest BCUT2D eigenvalue weighted by atomic mass is 35.5. The van der Waals surface area contributed by atoms with E-state index in [0.717, 1.165) is 0 Å². The lowest BCUT2D eigenvalue weighted by Gasteiger charge is -2.27. The van der Waals surface area contributed by atoms with E-state index in [4.69, 9.17) is 20.6 Å². The smallest absolute Gasteiger partial charge is 0.437 e. The number of hydrogen-bond donors (Lipinski definition) is 0. The maximum atomic E-state index is 12.9. The van der Waals surface area contributed by atoms with Crippen LogP contribution in [0.25, 0.3) is 0 Å². The molecule has 20 heavy (non-hydrogen) atoms. The molecule has 0 bridgehead atoms. The van der Waals surface area contributed by atoms with Gasteiger partial charge in [-0.1, -0.05) is 13.8 Å². The van der Waals surface area contributed by atoms with Crippen LogP contribution in [0.4, 0.5) is 13.2 Å². The largest absolute Gasteiger partial charge is 0.438 e. The molecule has 120 valence electrons. The van der Waals surface area contributed by atoms with E-state index in [9.17, 15) is 22.5 Å². The summed E-state index contributed by atoms with van der Waals surface area (Å²) < 4.78 is 64.5.